The zero-order chi connectivity index (χ0) is 21.5. The van der Waals surface area contributed by atoms with E-state index in [9.17, 15) is 9.90 Å². The molecule has 2 aromatic carbocycles. The smallest absolute Gasteiger partial charge is 0.231 e. The molecular weight excluding hydrogens is 386 g/mol. The number of carbonyl (C=O) groups is 1. The molecule has 0 spiro atoms. The number of quaternary nitrogens is 1. The molecule has 30 heavy (non-hydrogen) atoms. The minimum absolute atomic E-state index is 0.108. The number of methoxy groups -OCH3 is 3. The molecule has 1 aliphatic rings. The fourth-order valence-corrected chi connectivity index (χ4v) is 3.39. The van der Waals surface area contributed by atoms with Crippen molar-refractivity contribution in [2.45, 2.75) is 6.54 Å². The summed E-state index contributed by atoms with van der Waals surface area (Å²) in [5.41, 5.74) is 1.86. The van der Waals surface area contributed by atoms with Gasteiger partial charge in [0.1, 0.15) is 31.1 Å². The fourth-order valence-electron chi connectivity index (χ4n) is 3.39. The minimum Gasteiger partial charge on any atom is -0.507 e. The third-order valence-electron chi connectivity index (χ3n) is 5.05. The summed E-state index contributed by atoms with van der Waals surface area (Å²) in [6.45, 7) is 3.12. The number of rotatable bonds is 10. The lowest BCUT2D eigenvalue weighted by Crippen LogP contribution is -3.11. The summed E-state index contributed by atoms with van der Waals surface area (Å²) in [7, 11) is 4.90. The molecule has 0 saturated carbocycles. The van der Waals surface area contributed by atoms with Crippen LogP contribution in [0.2, 0.25) is 0 Å². The number of fused-ring (bicyclic) bond motifs is 1. The number of benzene rings is 2. The number of carbonyl (C=O) groups excluding carboxylic acids is 1. The number of aromatic hydroxyl groups is 1. The van der Waals surface area contributed by atoms with Crippen LogP contribution in [0.4, 0.5) is 0 Å². The predicted molar refractivity (Wildman–Crippen MR) is 112 cm³/mol. The number of allylic oxidation sites excluding steroid dienone is 1. The van der Waals surface area contributed by atoms with Crippen LogP contribution in [-0.2, 0) is 16.0 Å². The quantitative estimate of drug-likeness (QED) is 0.576. The molecule has 0 aliphatic carbocycles. The second kappa shape index (κ2) is 10.2. The first-order valence-electron chi connectivity index (χ1n) is 9.82. The highest BCUT2D eigenvalue weighted by atomic mass is 16.5. The Morgan fingerprint density at radius 2 is 1.80 bits per heavy atom. The van der Waals surface area contributed by atoms with Crippen LogP contribution in [0.15, 0.2) is 42.2 Å². The van der Waals surface area contributed by atoms with Crippen molar-refractivity contribution in [2.75, 3.05) is 47.6 Å². The van der Waals surface area contributed by atoms with Gasteiger partial charge in [0, 0.05) is 14.2 Å². The summed E-state index contributed by atoms with van der Waals surface area (Å²) in [6, 6.07) is 10.5. The monoisotopic (exact) mass is 414 g/mol. The van der Waals surface area contributed by atoms with Gasteiger partial charge in [0.05, 0.1) is 31.5 Å². The van der Waals surface area contributed by atoms with E-state index in [1.54, 1.807) is 39.5 Å². The number of ether oxygens (including phenoxy) is 4. The van der Waals surface area contributed by atoms with Crippen molar-refractivity contribution in [3.05, 3.63) is 58.8 Å². The Morgan fingerprint density at radius 3 is 2.47 bits per heavy atom. The van der Waals surface area contributed by atoms with Gasteiger partial charge in [-0.2, -0.15) is 0 Å². The molecule has 0 radical (unpaired) electrons. The first kappa shape index (κ1) is 21.8. The normalized spacial score (nSPS) is 14.3. The largest absolute Gasteiger partial charge is 0.507 e. The summed E-state index contributed by atoms with van der Waals surface area (Å²) in [5, 5.41) is 10.5. The molecular formula is C23H28NO6+. The summed E-state index contributed by atoms with van der Waals surface area (Å²) in [4.78, 5) is 14.1. The van der Waals surface area contributed by atoms with Crippen molar-refractivity contribution < 1.29 is 33.7 Å². The molecule has 3 rings (SSSR count). The number of ketones is 1. The second-order valence-electron chi connectivity index (χ2n) is 7.07. The maximum Gasteiger partial charge on any atom is 0.231 e. The summed E-state index contributed by atoms with van der Waals surface area (Å²) in [6.07, 6.45) is 1.69. The van der Waals surface area contributed by atoms with Crippen LogP contribution in [0.25, 0.3) is 6.08 Å². The van der Waals surface area contributed by atoms with Gasteiger partial charge in [-0.15, -0.1) is 0 Å². The molecule has 0 bridgehead atoms. The standard InChI is InChI=1S/C23H27NO6/c1-27-11-9-24(10-12-28-2)15-19-20(25)8-7-18-22(26)21(30-23(18)19)14-16-5-4-6-17(13-16)29-3/h4-8,13-14,25H,9-12,15H2,1-3H3/p+1/b21-14-. The number of phenolic OH excluding ortho intramolecular Hbond substituents is 1. The Kier molecular flexibility index (Phi) is 7.46. The van der Waals surface area contributed by atoms with E-state index in [1.165, 1.54) is 0 Å². The average molecular weight is 414 g/mol. The third kappa shape index (κ3) is 4.99. The number of hydrogen-bond donors (Lipinski definition) is 2. The lowest BCUT2D eigenvalue weighted by Gasteiger charge is -2.20. The van der Waals surface area contributed by atoms with Crippen LogP contribution in [-0.4, -0.2) is 58.5 Å². The van der Waals surface area contributed by atoms with Crippen molar-refractivity contribution in [1.82, 2.24) is 0 Å². The predicted octanol–water partition coefficient (Wildman–Crippen LogP) is 1.69. The van der Waals surface area contributed by atoms with E-state index in [4.69, 9.17) is 18.9 Å². The molecule has 7 heteroatoms. The maximum atomic E-state index is 12.9. The van der Waals surface area contributed by atoms with Gasteiger partial charge in [-0.25, -0.2) is 0 Å². The topological polar surface area (TPSA) is 78.7 Å². The lowest BCUT2D eigenvalue weighted by atomic mass is 10.0. The molecule has 1 heterocycles. The minimum atomic E-state index is -0.204. The van der Waals surface area contributed by atoms with Gasteiger partial charge in [0.15, 0.2) is 11.5 Å². The Morgan fingerprint density at radius 1 is 1.07 bits per heavy atom. The van der Waals surface area contributed by atoms with Gasteiger partial charge in [-0.1, -0.05) is 12.1 Å². The van der Waals surface area contributed by atoms with Crippen LogP contribution >= 0.6 is 0 Å². The zero-order valence-corrected chi connectivity index (χ0v) is 17.6. The Bertz CT molecular complexity index is 916. The van der Waals surface area contributed by atoms with E-state index in [-0.39, 0.29) is 17.3 Å². The van der Waals surface area contributed by atoms with Crippen LogP contribution in [0, 0.1) is 0 Å². The van der Waals surface area contributed by atoms with Gasteiger partial charge in [0.2, 0.25) is 5.78 Å². The zero-order valence-electron chi connectivity index (χ0n) is 17.6. The molecule has 1 aliphatic heterocycles. The maximum absolute atomic E-state index is 12.9. The summed E-state index contributed by atoms with van der Waals surface area (Å²) >= 11 is 0. The van der Waals surface area contributed by atoms with E-state index in [0.717, 1.165) is 23.6 Å². The second-order valence-corrected chi connectivity index (χ2v) is 7.07. The number of Topliss-reactive ketones (excluding diaryl/α,β-unsaturated/α-hetero) is 1. The average Bonchev–Trinajstić information content (AvgIpc) is 3.07. The van der Waals surface area contributed by atoms with E-state index in [0.29, 0.717) is 42.4 Å². The SMILES string of the molecule is COCC[NH+](CCOC)Cc1c(O)ccc2c1O/C(=C\c1cccc(OC)c1)C2=O. The molecule has 7 nitrogen and oxygen atoms in total. The molecule has 0 unspecified atom stereocenters. The van der Waals surface area contributed by atoms with Crippen LogP contribution < -0.4 is 14.4 Å². The van der Waals surface area contributed by atoms with E-state index in [1.807, 2.05) is 24.3 Å². The highest BCUT2D eigenvalue weighted by Gasteiger charge is 2.32. The van der Waals surface area contributed by atoms with Crippen molar-refractivity contribution >= 4 is 11.9 Å². The summed E-state index contributed by atoms with van der Waals surface area (Å²) in [5.74, 6) is 1.24. The Labute approximate surface area is 176 Å². The number of hydrogen-bond acceptors (Lipinski definition) is 6. The van der Waals surface area contributed by atoms with Gasteiger partial charge in [-0.05, 0) is 35.9 Å². The van der Waals surface area contributed by atoms with E-state index in [2.05, 4.69) is 0 Å². The van der Waals surface area contributed by atoms with Crippen LogP contribution in [0.3, 0.4) is 0 Å². The lowest BCUT2D eigenvalue weighted by molar-refractivity contribution is -0.914. The molecule has 0 saturated heterocycles. The van der Waals surface area contributed by atoms with Crippen LogP contribution in [0.1, 0.15) is 21.5 Å². The van der Waals surface area contributed by atoms with Crippen molar-refractivity contribution in [3.63, 3.8) is 0 Å². The van der Waals surface area contributed by atoms with Crippen LogP contribution in [0.5, 0.6) is 17.2 Å². The fraction of sp³-hybridized carbons (Fsp3) is 0.348. The molecule has 160 valence electrons. The summed E-state index contributed by atoms with van der Waals surface area (Å²) < 4.78 is 21.6. The van der Waals surface area contributed by atoms with Gasteiger partial charge >= 0.3 is 0 Å². The van der Waals surface area contributed by atoms with Gasteiger partial charge in [-0.3, -0.25) is 4.79 Å². The number of nitrogens with one attached hydrogen (secondary N) is 1. The van der Waals surface area contributed by atoms with Crippen molar-refractivity contribution in [2.24, 2.45) is 0 Å². The Balaban J connectivity index is 1.89. The Hall–Kier alpha value is -2.87. The molecule has 0 atom stereocenters. The molecule has 2 aromatic rings. The highest BCUT2D eigenvalue weighted by Crippen LogP contribution is 2.39. The van der Waals surface area contributed by atoms with Gasteiger partial charge < -0.3 is 29.0 Å². The van der Waals surface area contributed by atoms with Crippen molar-refractivity contribution in [3.8, 4) is 17.2 Å². The first-order chi connectivity index (χ1) is 14.6. The van der Waals surface area contributed by atoms with E-state index < -0.39 is 0 Å². The van der Waals surface area contributed by atoms with E-state index >= 15 is 0 Å². The molecule has 2 N–H and O–H groups in total. The third-order valence-corrected chi connectivity index (χ3v) is 5.05. The first-order valence-corrected chi connectivity index (χ1v) is 9.82. The molecule has 0 aromatic heterocycles. The molecule has 0 amide bonds. The number of phenols is 1. The van der Waals surface area contributed by atoms with Crippen molar-refractivity contribution in [1.29, 1.82) is 0 Å². The molecule has 0 fully saturated rings. The van der Waals surface area contributed by atoms with Gasteiger partial charge in [0.25, 0.3) is 0 Å². The highest BCUT2D eigenvalue weighted by molar-refractivity contribution is 6.15.